The van der Waals surface area contributed by atoms with E-state index in [0.29, 0.717) is 0 Å². The molecule has 0 amide bonds. The highest BCUT2D eigenvalue weighted by molar-refractivity contribution is 7.92. The molecule has 0 bridgehead atoms. The Morgan fingerprint density at radius 3 is 2.10 bits per heavy atom. The Hall–Kier alpha value is -1.82. The predicted octanol–water partition coefficient (Wildman–Crippen LogP) is 4.48. The zero-order chi connectivity index (χ0) is 15.0. The average molecular weight is 299 g/mol. The van der Waals surface area contributed by atoms with Crippen molar-refractivity contribution < 1.29 is 17.4 Å². The third-order valence-corrected chi connectivity index (χ3v) is 4.65. The van der Waals surface area contributed by atoms with Crippen LogP contribution in [0, 0.1) is 11.7 Å². The lowest BCUT2D eigenvalue weighted by atomic mass is 10.2. The minimum atomic E-state index is -4.52. The first kappa shape index (κ1) is 14.6. The molecule has 0 aliphatic heterocycles. The van der Waals surface area contributed by atoms with Crippen molar-refractivity contribution in [1.29, 1.82) is 4.78 Å². The topological polar surface area (TPSA) is 40.9 Å². The van der Waals surface area contributed by atoms with Gasteiger partial charge in [0, 0.05) is 0 Å². The highest BCUT2D eigenvalue weighted by Crippen LogP contribution is 2.32. The van der Waals surface area contributed by atoms with E-state index in [2.05, 4.69) is 0 Å². The maximum absolute atomic E-state index is 12.7. The van der Waals surface area contributed by atoms with E-state index >= 15 is 0 Å². The minimum Gasteiger partial charge on any atom is -0.245 e. The molecule has 0 aliphatic rings. The minimum absolute atomic E-state index is 0.141. The quantitative estimate of drug-likeness (QED) is 0.872. The number of benzene rings is 2. The predicted molar refractivity (Wildman–Crippen MR) is 70.0 cm³/mol. The molecule has 0 aliphatic carbocycles. The molecule has 0 radical (unpaired) electrons. The molecule has 0 saturated carbocycles. The molecule has 0 spiro atoms. The van der Waals surface area contributed by atoms with Crippen LogP contribution in [0.2, 0.25) is 0 Å². The van der Waals surface area contributed by atoms with Crippen LogP contribution in [0.15, 0.2) is 58.3 Å². The van der Waals surface area contributed by atoms with Gasteiger partial charge in [-0.2, -0.15) is 13.2 Å². The third-order valence-electron chi connectivity index (χ3n) is 2.81. The van der Waals surface area contributed by atoms with Gasteiger partial charge in [0.2, 0.25) is 0 Å². The second-order valence-corrected chi connectivity index (χ2v) is 6.45. The first-order valence-electron chi connectivity index (χ1n) is 5.74. The van der Waals surface area contributed by atoms with Crippen molar-refractivity contribution in [2.75, 3.05) is 0 Å². The molecular weight excluding hydrogens is 287 g/mol. The van der Waals surface area contributed by atoms with E-state index in [1.54, 1.807) is 25.1 Å². The summed E-state index contributed by atoms with van der Waals surface area (Å²) >= 11 is 0. The Morgan fingerprint density at radius 1 is 1.00 bits per heavy atom. The summed E-state index contributed by atoms with van der Waals surface area (Å²) in [6.45, 7) is 1.77. The fourth-order valence-electron chi connectivity index (χ4n) is 1.78. The maximum Gasteiger partial charge on any atom is 0.416 e. The monoisotopic (exact) mass is 299 g/mol. The van der Waals surface area contributed by atoms with Crippen molar-refractivity contribution in [3.8, 4) is 0 Å². The molecular formula is C14H12F3NOS. The van der Waals surface area contributed by atoms with Gasteiger partial charge >= 0.3 is 6.18 Å². The van der Waals surface area contributed by atoms with Crippen LogP contribution in [0.4, 0.5) is 13.2 Å². The summed E-state index contributed by atoms with van der Waals surface area (Å²) in [6.07, 6.45) is -4.52. The van der Waals surface area contributed by atoms with Gasteiger partial charge in [-0.1, -0.05) is 18.2 Å². The van der Waals surface area contributed by atoms with Crippen LogP contribution in [-0.4, -0.2) is 4.21 Å². The van der Waals surface area contributed by atoms with Crippen LogP contribution in [0.25, 0.3) is 0 Å². The summed E-state index contributed by atoms with van der Waals surface area (Å²) in [4.78, 5) is 0.0646. The van der Waals surface area contributed by atoms with Gasteiger partial charge < -0.3 is 0 Å². The van der Waals surface area contributed by atoms with Crippen molar-refractivity contribution >= 4 is 9.73 Å². The normalized spacial score (nSPS) is 14.8. The summed E-state index contributed by atoms with van der Waals surface area (Å²) in [6, 6.07) is 10.6. The summed E-state index contributed by atoms with van der Waals surface area (Å²) in [5.74, 6) is 0. The van der Waals surface area contributed by atoms with Gasteiger partial charge in [-0.3, -0.25) is 0 Å². The van der Waals surface area contributed by atoms with E-state index in [4.69, 9.17) is 4.78 Å². The van der Waals surface area contributed by atoms with Crippen LogP contribution < -0.4 is 0 Å². The Kier molecular flexibility index (Phi) is 3.60. The summed E-state index contributed by atoms with van der Waals surface area (Å²) in [5, 5.41) is 0. The van der Waals surface area contributed by atoms with E-state index in [0.717, 1.165) is 17.7 Å². The molecule has 20 heavy (non-hydrogen) atoms. The highest BCUT2D eigenvalue weighted by atomic mass is 32.2. The Balaban J connectivity index is 2.56. The lowest BCUT2D eigenvalue weighted by Gasteiger charge is -2.12. The fraction of sp³-hybridized carbons (Fsp3) is 0.143. The molecule has 1 atom stereocenters. The molecule has 0 aromatic heterocycles. The number of halogens is 3. The highest BCUT2D eigenvalue weighted by Gasteiger charge is 2.31. The second-order valence-electron chi connectivity index (χ2n) is 4.40. The van der Waals surface area contributed by atoms with E-state index in [1.165, 1.54) is 18.2 Å². The Labute approximate surface area is 115 Å². The third kappa shape index (κ3) is 2.85. The standard InChI is InChI=1S/C14H12F3NOS/c1-10-4-2-6-12(8-10)20(18,19)13-7-3-5-11(9-13)14(15,16)17/h2-9,18H,1H3. The molecule has 0 saturated heterocycles. The number of aryl methyl sites for hydroxylation is 1. The van der Waals surface area contributed by atoms with Crippen LogP contribution >= 0.6 is 0 Å². The number of hydrogen-bond acceptors (Lipinski definition) is 2. The lowest BCUT2D eigenvalue weighted by molar-refractivity contribution is -0.137. The van der Waals surface area contributed by atoms with Gasteiger partial charge in [-0.05, 0) is 42.8 Å². The van der Waals surface area contributed by atoms with Gasteiger partial charge in [0.1, 0.15) is 9.73 Å². The molecule has 6 heteroatoms. The van der Waals surface area contributed by atoms with Crippen LogP contribution in [0.3, 0.4) is 0 Å². The van der Waals surface area contributed by atoms with Crippen LogP contribution in [0.1, 0.15) is 11.1 Å². The van der Waals surface area contributed by atoms with Crippen molar-refractivity contribution in [2.45, 2.75) is 22.9 Å². The van der Waals surface area contributed by atoms with Crippen molar-refractivity contribution in [3.05, 3.63) is 59.7 Å². The first-order chi connectivity index (χ1) is 9.21. The number of hydrogen-bond donors (Lipinski definition) is 1. The maximum atomic E-state index is 12.7. The smallest absolute Gasteiger partial charge is 0.245 e. The van der Waals surface area contributed by atoms with E-state index in [-0.39, 0.29) is 9.79 Å². The summed E-state index contributed by atoms with van der Waals surface area (Å²) in [7, 11) is -3.44. The van der Waals surface area contributed by atoms with Crippen molar-refractivity contribution in [1.82, 2.24) is 0 Å². The Bertz CT molecular complexity index is 736. The SMILES string of the molecule is Cc1cccc(S(=N)(=O)c2cccc(C(F)(F)F)c2)c1. The average Bonchev–Trinajstić information content (AvgIpc) is 2.38. The lowest BCUT2D eigenvalue weighted by Crippen LogP contribution is -2.07. The molecule has 106 valence electrons. The second kappa shape index (κ2) is 4.94. The molecule has 2 nitrogen and oxygen atoms in total. The van der Waals surface area contributed by atoms with Gasteiger partial charge in [0.15, 0.2) is 0 Å². The van der Waals surface area contributed by atoms with E-state index in [9.17, 15) is 17.4 Å². The molecule has 1 unspecified atom stereocenters. The molecule has 0 heterocycles. The van der Waals surface area contributed by atoms with Crippen LogP contribution in [-0.2, 0) is 15.9 Å². The zero-order valence-corrected chi connectivity index (χ0v) is 11.4. The molecule has 1 N–H and O–H groups in total. The summed E-state index contributed by atoms with van der Waals surface area (Å²) in [5.41, 5.74) is -0.0999. The van der Waals surface area contributed by atoms with Crippen LogP contribution in [0.5, 0.6) is 0 Å². The Morgan fingerprint density at radius 2 is 1.55 bits per heavy atom. The van der Waals surface area contributed by atoms with Gasteiger partial charge in [-0.15, -0.1) is 0 Å². The molecule has 2 aromatic rings. The number of alkyl halides is 3. The summed E-state index contributed by atoms with van der Waals surface area (Å²) < 4.78 is 58.5. The van der Waals surface area contributed by atoms with Gasteiger partial charge in [0.05, 0.1) is 15.4 Å². The van der Waals surface area contributed by atoms with Gasteiger partial charge in [0.25, 0.3) is 0 Å². The van der Waals surface area contributed by atoms with Gasteiger partial charge in [-0.25, -0.2) is 8.99 Å². The number of nitrogens with one attached hydrogen (secondary N) is 1. The molecule has 0 fully saturated rings. The fourth-order valence-corrected chi connectivity index (χ4v) is 3.24. The van der Waals surface area contributed by atoms with Crippen molar-refractivity contribution in [3.63, 3.8) is 0 Å². The van der Waals surface area contributed by atoms with E-state index < -0.39 is 21.5 Å². The van der Waals surface area contributed by atoms with Crippen molar-refractivity contribution in [2.24, 2.45) is 0 Å². The first-order valence-corrected chi connectivity index (χ1v) is 7.30. The molecule has 2 aromatic carbocycles. The zero-order valence-electron chi connectivity index (χ0n) is 10.6. The largest absolute Gasteiger partial charge is 0.416 e. The van der Waals surface area contributed by atoms with E-state index in [1.807, 2.05) is 0 Å². The molecule has 2 rings (SSSR count). The number of rotatable bonds is 2.